The van der Waals surface area contributed by atoms with Gasteiger partial charge in [0.1, 0.15) is 5.82 Å². The number of amidine groups is 1. The second-order valence-electron chi connectivity index (χ2n) is 4.15. The summed E-state index contributed by atoms with van der Waals surface area (Å²) in [5.41, 5.74) is 5.46. The molecule has 5 nitrogen and oxygen atoms in total. The van der Waals surface area contributed by atoms with E-state index in [1.165, 1.54) is 17.0 Å². The second-order valence-corrected chi connectivity index (χ2v) is 4.15. The van der Waals surface area contributed by atoms with Gasteiger partial charge in [0, 0.05) is 19.5 Å². The number of rotatable bonds is 4. The summed E-state index contributed by atoms with van der Waals surface area (Å²) in [7, 11) is 1.57. The standard InChI is InChI=1S/C12H17FN4O/c1-8(11(14)15)7-17(2)12(18)16-10-6-4-3-5-9(10)13/h3-6,8H,7H2,1-2H3,(H3,14,15)(H,16,18). The molecule has 2 amide bonds. The number of anilines is 1. The number of hydrogen-bond donors (Lipinski definition) is 3. The van der Waals surface area contributed by atoms with E-state index in [9.17, 15) is 9.18 Å². The Balaban J connectivity index is 2.61. The number of nitrogens with one attached hydrogen (secondary N) is 2. The van der Waals surface area contributed by atoms with Crippen molar-refractivity contribution >= 4 is 17.6 Å². The molecule has 1 aromatic rings. The summed E-state index contributed by atoms with van der Waals surface area (Å²) in [4.78, 5) is 13.1. The lowest BCUT2D eigenvalue weighted by Gasteiger charge is -2.21. The molecular formula is C12H17FN4O. The average Bonchev–Trinajstić information content (AvgIpc) is 2.31. The number of para-hydroxylation sites is 1. The molecule has 98 valence electrons. The summed E-state index contributed by atoms with van der Waals surface area (Å²) in [5, 5.41) is 9.70. The van der Waals surface area contributed by atoms with Crippen molar-refractivity contribution in [3.05, 3.63) is 30.1 Å². The van der Waals surface area contributed by atoms with Crippen molar-refractivity contribution in [3.63, 3.8) is 0 Å². The van der Waals surface area contributed by atoms with Gasteiger partial charge in [-0.3, -0.25) is 5.41 Å². The molecule has 0 radical (unpaired) electrons. The van der Waals surface area contributed by atoms with Crippen LogP contribution >= 0.6 is 0 Å². The molecule has 1 unspecified atom stereocenters. The Morgan fingerprint density at radius 1 is 1.56 bits per heavy atom. The van der Waals surface area contributed by atoms with Crippen LogP contribution in [0.25, 0.3) is 0 Å². The smallest absolute Gasteiger partial charge is 0.321 e. The SMILES string of the molecule is CC(CN(C)C(=O)Nc1ccccc1F)C(=N)N. The van der Waals surface area contributed by atoms with Gasteiger partial charge in [-0.2, -0.15) is 0 Å². The third kappa shape index (κ3) is 3.73. The zero-order chi connectivity index (χ0) is 13.7. The predicted molar refractivity (Wildman–Crippen MR) is 69.1 cm³/mol. The lowest BCUT2D eigenvalue weighted by molar-refractivity contribution is 0.219. The normalized spacial score (nSPS) is 11.7. The Kier molecular flexibility index (Phi) is 4.65. The van der Waals surface area contributed by atoms with Crippen LogP contribution in [0.2, 0.25) is 0 Å². The maximum Gasteiger partial charge on any atom is 0.321 e. The summed E-state index contributed by atoms with van der Waals surface area (Å²) >= 11 is 0. The van der Waals surface area contributed by atoms with Crippen LogP contribution < -0.4 is 11.1 Å². The molecule has 0 aliphatic carbocycles. The number of nitrogens with two attached hydrogens (primary N) is 1. The third-order valence-electron chi connectivity index (χ3n) is 2.54. The molecule has 1 rings (SSSR count). The molecule has 0 aliphatic rings. The first-order valence-electron chi connectivity index (χ1n) is 5.52. The topological polar surface area (TPSA) is 82.2 Å². The van der Waals surface area contributed by atoms with Crippen LogP contribution in [0, 0.1) is 17.1 Å². The molecular weight excluding hydrogens is 235 g/mol. The average molecular weight is 252 g/mol. The van der Waals surface area contributed by atoms with E-state index < -0.39 is 11.8 Å². The predicted octanol–water partition coefficient (Wildman–Crippen LogP) is 1.86. The number of carbonyl (C=O) groups excluding carboxylic acids is 1. The van der Waals surface area contributed by atoms with E-state index in [1.54, 1.807) is 26.1 Å². The summed E-state index contributed by atoms with van der Waals surface area (Å²) in [6.07, 6.45) is 0. The van der Waals surface area contributed by atoms with Gasteiger partial charge in [-0.1, -0.05) is 19.1 Å². The van der Waals surface area contributed by atoms with Crippen LogP contribution in [0.15, 0.2) is 24.3 Å². The maximum absolute atomic E-state index is 13.3. The van der Waals surface area contributed by atoms with E-state index in [4.69, 9.17) is 11.1 Å². The highest BCUT2D eigenvalue weighted by molar-refractivity contribution is 5.89. The molecule has 18 heavy (non-hydrogen) atoms. The van der Waals surface area contributed by atoms with E-state index in [2.05, 4.69) is 5.32 Å². The molecule has 0 spiro atoms. The first-order chi connectivity index (χ1) is 8.41. The minimum atomic E-state index is -0.487. The summed E-state index contributed by atoms with van der Waals surface area (Å²) < 4.78 is 13.3. The fourth-order valence-electron chi connectivity index (χ4n) is 1.37. The van der Waals surface area contributed by atoms with Crippen LogP contribution in [0.5, 0.6) is 0 Å². The zero-order valence-electron chi connectivity index (χ0n) is 10.4. The van der Waals surface area contributed by atoms with Gasteiger partial charge < -0.3 is 16.0 Å². The van der Waals surface area contributed by atoms with E-state index in [-0.39, 0.29) is 17.4 Å². The van der Waals surface area contributed by atoms with Gasteiger partial charge >= 0.3 is 6.03 Å². The van der Waals surface area contributed by atoms with E-state index in [0.29, 0.717) is 6.54 Å². The monoisotopic (exact) mass is 252 g/mol. The zero-order valence-corrected chi connectivity index (χ0v) is 10.4. The number of carbonyl (C=O) groups is 1. The third-order valence-corrected chi connectivity index (χ3v) is 2.54. The minimum Gasteiger partial charge on any atom is -0.387 e. The van der Waals surface area contributed by atoms with Gasteiger partial charge in [0.15, 0.2) is 0 Å². The molecule has 4 N–H and O–H groups in total. The highest BCUT2D eigenvalue weighted by Crippen LogP contribution is 2.13. The molecule has 0 saturated carbocycles. The van der Waals surface area contributed by atoms with Crippen molar-refractivity contribution in [2.75, 3.05) is 18.9 Å². The first-order valence-corrected chi connectivity index (χ1v) is 5.52. The van der Waals surface area contributed by atoms with Gasteiger partial charge in [-0.05, 0) is 12.1 Å². The van der Waals surface area contributed by atoms with Crippen LogP contribution in [-0.2, 0) is 0 Å². The molecule has 0 aliphatic heterocycles. The highest BCUT2D eigenvalue weighted by Gasteiger charge is 2.15. The molecule has 0 aromatic heterocycles. The van der Waals surface area contributed by atoms with Gasteiger partial charge in [-0.15, -0.1) is 0 Å². The van der Waals surface area contributed by atoms with Gasteiger partial charge in [0.25, 0.3) is 0 Å². The van der Waals surface area contributed by atoms with E-state index in [0.717, 1.165) is 0 Å². The van der Waals surface area contributed by atoms with Crippen molar-refractivity contribution in [1.82, 2.24) is 4.90 Å². The lowest BCUT2D eigenvalue weighted by Crippen LogP contribution is -2.38. The van der Waals surface area contributed by atoms with Crippen LogP contribution in [-0.4, -0.2) is 30.4 Å². The maximum atomic E-state index is 13.3. The first kappa shape index (κ1) is 14.0. The largest absolute Gasteiger partial charge is 0.387 e. The van der Waals surface area contributed by atoms with Crippen LogP contribution in [0.1, 0.15) is 6.92 Å². The van der Waals surface area contributed by atoms with Crippen molar-refractivity contribution < 1.29 is 9.18 Å². The fraction of sp³-hybridized carbons (Fsp3) is 0.333. The molecule has 0 heterocycles. The van der Waals surface area contributed by atoms with Gasteiger partial charge in [-0.25, -0.2) is 9.18 Å². The molecule has 1 atom stereocenters. The fourth-order valence-corrected chi connectivity index (χ4v) is 1.37. The van der Waals surface area contributed by atoms with Gasteiger partial charge in [0.05, 0.1) is 11.5 Å². The van der Waals surface area contributed by atoms with E-state index >= 15 is 0 Å². The Labute approximate surface area is 105 Å². The van der Waals surface area contributed by atoms with Crippen molar-refractivity contribution in [1.29, 1.82) is 5.41 Å². The molecule has 0 fully saturated rings. The van der Waals surface area contributed by atoms with Crippen molar-refractivity contribution in [2.45, 2.75) is 6.92 Å². The second kappa shape index (κ2) is 6.00. The number of amides is 2. The lowest BCUT2D eigenvalue weighted by atomic mass is 10.1. The molecule has 6 heteroatoms. The highest BCUT2D eigenvalue weighted by atomic mass is 19.1. The van der Waals surface area contributed by atoms with Gasteiger partial charge in [0.2, 0.25) is 0 Å². The Morgan fingerprint density at radius 2 is 2.17 bits per heavy atom. The minimum absolute atomic E-state index is 0.0144. The number of hydrogen-bond acceptors (Lipinski definition) is 2. The number of nitrogens with zero attached hydrogens (tertiary/aromatic N) is 1. The number of urea groups is 1. The van der Waals surface area contributed by atoms with Crippen LogP contribution in [0.4, 0.5) is 14.9 Å². The van der Waals surface area contributed by atoms with Crippen LogP contribution in [0.3, 0.4) is 0 Å². The summed E-state index contributed by atoms with van der Waals surface area (Å²) in [6.45, 7) is 2.05. The Morgan fingerprint density at radius 3 is 2.72 bits per heavy atom. The van der Waals surface area contributed by atoms with E-state index in [1.807, 2.05) is 0 Å². The molecule has 0 bridgehead atoms. The molecule has 0 saturated heterocycles. The number of halogens is 1. The molecule has 1 aromatic carbocycles. The Bertz CT molecular complexity index is 449. The van der Waals surface area contributed by atoms with Crippen molar-refractivity contribution in [2.24, 2.45) is 11.7 Å². The van der Waals surface area contributed by atoms with Crippen molar-refractivity contribution in [3.8, 4) is 0 Å². The number of benzene rings is 1. The summed E-state index contributed by atoms with van der Waals surface area (Å²) in [5.74, 6) is -0.708. The summed E-state index contributed by atoms with van der Waals surface area (Å²) in [6, 6.07) is 5.50. The quantitative estimate of drug-likeness (QED) is 0.564. The Hall–Kier alpha value is -2.11.